The van der Waals surface area contributed by atoms with E-state index in [0.29, 0.717) is 0 Å². The van der Waals surface area contributed by atoms with Gasteiger partial charge in [0, 0.05) is 13.0 Å². The van der Waals surface area contributed by atoms with Gasteiger partial charge in [0.1, 0.15) is 5.84 Å². The maximum absolute atomic E-state index is 11.4. The van der Waals surface area contributed by atoms with Crippen molar-refractivity contribution in [3.05, 3.63) is 12.3 Å². The molecule has 0 amide bonds. The van der Waals surface area contributed by atoms with Crippen molar-refractivity contribution in [3.63, 3.8) is 0 Å². The monoisotopic (exact) mass is 233 g/mol. The van der Waals surface area contributed by atoms with Gasteiger partial charge in [0.05, 0.1) is 6.20 Å². The highest BCUT2D eigenvalue weighted by molar-refractivity contribution is 7.89. The predicted octanol–water partition coefficient (Wildman–Crippen LogP) is -1.18. The fourth-order valence-electron chi connectivity index (χ4n) is 0.834. The van der Waals surface area contributed by atoms with E-state index in [-0.39, 0.29) is 23.8 Å². The Kier molecular flexibility index (Phi) is 3.63. The van der Waals surface area contributed by atoms with Gasteiger partial charge < -0.3 is 10.9 Å². The average Bonchev–Trinajstić information content (AvgIpc) is 2.70. The van der Waals surface area contributed by atoms with Crippen molar-refractivity contribution in [1.29, 1.82) is 0 Å². The number of aromatic nitrogens is 2. The van der Waals surface area contributed by atoms with Gasteiger partial charge >= 0.3 is 0 Å². The molecule has 1 aromatic rings. The van der Waals surface area contributed by atoms with Crippen molar-refractivity contribution in [2.45, 2.75) is 11.4 Å². The SMILES string of the molecule is NC(CCNS(=O)(=O)c1ccn[nH]1)=NO. The van der Waals surface area contributed by atoms with Crippen molar-refractivity contribution in [2.24, 2.45) is 10.9 Å². The Morgan fingerprint density at radius 2 is 2.47 bits per heavy atom. The minimum Gasteiger partial charge on any atom is -0.409 e. The average molecular weight is 233 g/mol. The molecule has 0 saturated heterocycles. The molecule has 5 N–H and O–H groups in total. The third-order valence-electron chi connectivity index (χ3n) is 1.57. The minimum atomic E-state index is -3.58. The standard InChI is InChI=1S/C6H11N5O3S/c7-5(11-12)1-4-9-15(13,14)6-2-3-8-10-6/h2-3,9,12H,1,4H2,(H2,7,11)(H,8,10). The molecule has 84 valence electrons. The molecular formula is C6H11N5O3S. The van der Waals surface area contributed by atoms with Crippen LogP contribution in [0.1, 0.15) is 6.42 Å². The van der Waals surface area contributed by atoms with Gasteiger partial charge in [0.2, 0.25) is 0 Å². The summed E-state index contributed by atoms with van der Waals surface area (Å²) in [6.07, 6.45) is 1.46. The summed E-state index contributed by atoms with van der Waals surface area (Å²) >= 11 is 0. The lowest BCUT2D eigenvalue weighted by Gasteiger charge is -2.03. The van der Waals surface area contributed by atoms with Crippen LogP contribution in [-0.4, -0.2) is 36.2 Å². The van der Waals surface area contributed by atoms with Gasteiger partial charge in [-0.3, -0.25) is 5.10 Å². The molecule has 0 spiro atoms. The van der Waals surface area contributed by atoms with Gasteiger partial charge in [-0.05, 0) is 6.07 Å². The molecule has 1 aromatic heterocycles. The summed E-state index contributed by atoms with van der Waals surface area (Å²) < 4.78 is 25.1. The van der Waals surface area contributed by atoms with Crippen LogP contribution in [0.3, 0.4) is 0 Å². The lowest BCUT2D eigenvalue weighted by Crippen LogP contribution is -2.28. The van der Waals surface area contributed by atoms with E-state index in [1.54, 1.807) is 0 Å². The number of hydrogen-bond acceptors (Lipinski definition) is 5. The second-order valence-electron chi connectivity index (χ2n) is 2.66. The van der Waals surface area contributed by atoms with Gasteiger partial charge in [-0.15, -0.1) is 0 Å². The zero-order valence-electron chi connectivity index (χ0n) is 7.71. The van der Waals surface area contributed by atoms with Crippen LogP contribution in [0, 0.1) is 0 Å². The summed E-state index contributed by atoms with van der Waals surface area (Å²) in [5, 5.41) is 16.7. The number of aromatic amines is 1. The Morgan fingerprint density at radius 3 is 3.00 bits per heavy atom. The molecule has 0 unspecified atom stereocenters. The molecule has 8 nitrogen and oxygen atoms in total. The third-order valence-corrected chi connectivity index (χ3v) is 2.96. The minimum absolute atomic E-state index is 0.0259. The second-order valence-corrected chi connectivity index (χ2v) is 4.40. The Hall–Kier alpha value is -1.61. The fraction of sp³-hybridized carbons (Fsp3) is 0.333. The molecule has 0 saturated carbocycles. The van der Waals surface area contributed by atoms with Crippen molar-refractivity contribution >= 4 is 15.9 Å². The molecule has 0 atom stereocenters. The molecule has 9 heteroatoms. The molecular weight excluding hydrogens is 222 g/mol. The van der Waals surface area contributed by atoms with Crippen molar-refractivity contribution in [1.82, 2.24) is 14.9 Å². The molecule has 1 rings (SSSR count). The van der Waals surface area contributed by atoms with E-state index in [1.165, 1.54) is 12.3 Å². The van der Waals surface area contributed by atoms with Crippen LogP contribution in [0.2, 0.25) is 0 Å². The topological polar surface area (TPSA) is 133 Å². The van der Waals surface area contributed by atoms with Gasteiger partial charge in [0.15, 0.2) is 5.03 Å². The van der Waals surface area contributed by atoms with Crippen LogP contribution < -0.4 is 10.5 Å². The Morgan fingerprint density at radius 1 is 1.73 bits per heavy atom. The number of H-pyrrole nitrogens is 1. The molecule has 0 aliphatic carbocycles. The summed E-state index contributed by atoms with van der Waals surface area (Å²) in [4.78, 5) is 0. The first-order valence-electron chi connectivity index (χ1n) is 4.01. The van der Waals surface area contributed by atoms with Crippen LogP contribution in [0.5, 0.6) is 0 Å². The molecule has 0 radical (unpaired) electrons. The molecule has 0 bridgehead atoms. The second kappa shape index (κ2) is 4.75. The predicted molar refractivity (Wildman–Crippen MR) is 51.8 cm³/mol. The number of nitrogens with zero attached hydrogens (tertiary/aromatic N) is 2. The van der Waals surface area contributed by atoms with E-state index < -0.39 is 10.0 Å². The number of rotatable bonds is 5. The molecule has 0 fully saturated rings. The molecule has 0 aromatic carbocycles. The normalized spacial score (nSPS) is 12.9. The Balaban J connectivity index is 2.52. The number of amidine groups is 1. The van der Waals surface area contributed by atoms with Crippen LogP contribution >= 0.6 is 0 Å². The quantitative estimate of drug-likeness (QED) is 0.220. The zero-order valence-corrected chi connectivity index (χ0v) is 8.53. The Labute approximate surface area is 86.2 Å². The van der Waals surface area contributed by atoms with Crippen molar-refractivity contribution in [2.75, 3.05) is 6.54 Å². The fourth-order valence-corrected chi connectivity index (χ4v) is 1.77. The first-order valence-corrected chi connectivity index (χ1v) is 5.50. The molecule has 15 heavy (non-hydrogen) atoms. The van der Waals surface area contributed by atoms with Gasteiger partial charge in [-0.2, -0.15) is 5.10 Å². The maximum atomic E-state index is 11.4. The van der Waals surface area contributed by atoms with Gasteiger partial charge in [-0.25, -0.2) is 13.1 Å². The number of oxime groups is 1. The number of sulfonamides is 1. The zero-order chi connectivity index (χ0) is 11.3. The molecule has 0 aliphatic heterocycles. The summed E-state index contributed by atoms with van der Waals surface area (Å²) in [5.41, 5.74) is 5.17. The smallest absolute Gasteiger partial charge is 0.257 e. The van der Waals surface area contributed by atoms with Crippen LogP contribution in [-0.2, 0) is 10.0 Å². The van der Waals surface area contributed by atoms with Crippen molar-refractivity contribution in [3.8, 4) is 0 Å². The van der Waals surface area contributed by atoms with Gasteiger partial charge in [0.25, 0.3) is 10.0 Å². The number of hydrogen-bond donors (Lipinski definition) is 4. The summed E-state index contributed by atoms with van der Waals surface area (Å²) in [5.74, 6) is -0.0395. The van der Waals surface area contributed by atoms with E-state index in [9.17, 15) is 8.42 Å². The summed E-state index contributed by atoms with van der Waals surface area (Å²) in [6.45, 7) is 0.0528. The third kappa shape index (κ3) is 3.22. The van der Waals surface area contributed by atoms with E-state index in [4.69, 9.17) is 10.9 Å². The lowest BCUT2D eigenvalue weighted by molar-refractivity contribution is 0.317. The molecule has 1 heterocycles. The van der Waals surface area contributed by atoms with Gasteiger partial charge in [-0.1, -0.05) is 5.16 Å². The Bertz CT molecular complexity index is 424. The number of nitrogens with two attached hydrogens (primary N) is 1. The molecule has 0 aliphatic rings. The number of nitrogens with one attached hydrogen (secondary N) is 2. The largest absolute Gasteiger partial charge is 0.409 e. The van der Waals surface area contributed by atoms with Crippen LogP contribution in [0.4, 0.5) is 0 Å². The maximum Gasteiger partial charge on any atom is 0.257 e. The highest BCUT2D eigenvalue weighted by Gasteiger charge is 2.14. The van der Waals surface area contributed by atoms with E-state index in [2.05, 4.69) is 20.1 Å². The highest BCUT2D eigenvalue weighted by atomic mass is 32.2. The summed E-state index contributed by atoms with van der Waals surface area (Å²) in [7, 11) is -3.58. The van der Waals surface area contributed by atoms with E-state index in [0.717, 1.165) is 0 Å². The van der Waals surface area contributed by atoms with Crippen molar-refractivity contribution < 1.29 is 13.6 Å². The highest BCUT2D eigenvalue weighted by Crippen LogP contribution is 2.01. The van der Waals surface area contributed by atoms with E-state index >= 15 is 0 Å². The van der Waals surface area contributed by atoms with Crippen LogP contribution in [0.25, 0.3) is 0 Å². The first-order chi connectivity index (χ1) is 7.06. The lowest BCUT2D eigenvalue weighted by atomic mass is 10.4. The summed E-state index contributed by atoms with van der Waals surface area (Å²) in [6, 6.07) is 1.33. The van der Waals surface area contributed by atoms with Crippen LogP contribution in [0.15, 0.2) is 22.4 Å². The van der Waals surface area contributed by atoms with E-state index in [1.807, 2.05) is 0 Å². The first kappa shape index (κ1) is 11.5.